The molecule has 20 heavy (non-hydrogen) atoms. The molecule has 0 aliphatic carbocycles. The second kappa shape index (κ2) is 6.37. The minimum Gasteiger partial charge on any atom is -0.325 e. The highest BCUT2D eigenvalue weighted by atomic mass is 32.2. The molecule has 0 radical (unpaired) electrons. The van der Waals surface area contributed by atoms with E-state index in [2.05, 4.69) is 5.32 Å². The van der Waals surface area contributed by atoms with Crippen LogP contribution in [0.4, 0.5) is 5.69 Å². The fraction of sp³-hybridized carbons (Fsp3) is 0.500. The van der Waals surface area contributed by atoms with E-state index in [0.717, 1.165) is 17.4 Å². The average Bonchev–Trinajstić information content (AvgIpc) is 2.22. The zero-order valence-corrected chi connectivity index (χ0v) is 13.4. The van der Waals surface area contributed by atoms with Gasteiger partial charge in [0.1, 0.15) is 0 Å². The molecule has 0 aromatic heterocycles. The third-order valence-electron chi connectivity index (χ3n) is 2.81. The van der Waals surface area contributed by atoms with Gasteiger partial charge >= 0.3 is 0 Å². The first-order valence-electron chi connectivity index (χ1n) is 6.44. The third kappa shape index (κ3) is 4.94. The molecule has 1 aromatic carbocycles. The van der Waals surface area contributed by atoms with Crippen LogP contribution in [0, 0.1) is 13.8 Å². The number of nitrogens with zero attached hydrogens (tertiary/aromatic N) is 1. The first kappa shape index (κ1) is 16.7. The first-order valence-corrected chi connectivity index (χ1v) is 8.29. The topological polar surface area (TPSA) is 66.5 Å². The zero-order chi connectivity index (χ0) is 15.5. The largest absolute Gasteiger partial charge is 0.325 e. The summed E-state index contributed by atoms with van der Waals surface area (Å²) in [6, 6.07) is 5.46. The number of rotatable bonds is 5. The summed E-state index contributed by atoms with van der Waals surface area (Å²) in [4.78, 5) is 12.0. The number of aryl methyl sites for hydroxylation is 2. The van der Waals surface area contributed by atoms with Gasteiger partial charge < -0.3 is 5.32 Å². The van der Waals surface area contributed by atoms with Crippen molar-refractivity contribution in [3.8, 4) is 0 Å². The molecule has 0 aliphatic rings. The van der Waals surface area contributed by atoms with Crippen molar-refractivity contribution >= 4 is 21.6 Å². The number of anilines is 1. The van der Waals surface area contributed by atoms with Crippen molar-refractivity contribution in [2.45, 2.75) is 33.7 Å². The summed E-state index contributed by atoms with van der Waals surface area (Å²) in [6.45, 7) is 7.19. The molecular formula is C14H22N2O3S. The van der Waals surface area contributed by atoms with Gasteiger partial charge in [-0.15, -0.1) is 0 Å². The number of carbonyl (C=O) groups is 1. The van der Waals surface area contributed by atoms with Gasteiger partial charge in [0.15, 0.2) is 0 Å². The van der Waals surface area contributed by atoms with Crippen LogP contribution >= 0.6 is 0 Å². The van der Waals surface area contributed by atoms with Crippen LogP contribution in [0.3, 0.4) is 0 Å². The molecule has 0 atom stereocenters. The molecule has 0 heterocycles. The number of carbonyl (C=O) groups excluding carboxylic acids is 1. The molecule has 112 valence electrons. The van der Waals surface area contributed by atoms with Gasteiger partial charge in [-0.3, -0.25) is 4.79 Å². The Morgan fingerprint density at radius 3 is 2.10 bits per heavy atom. The number of sulfonamides is 1. The van der Waals surface area contributed by atoms with E-state index >= 15 is 0 Å². The Hall–Kier alpha value is -1.40. The maximum atomic E-state index is 12.0. The summed E-state index contributed by atoms with van der Waals surface area (Å²) in [7, 11) is -3.40. The van der Waals surface area contributed by atoms with E-state index in [1.165, 1.54) is 4.31 Å². The molecule has 1 aromatic rings. The van der Waals surface area contributed by atoms with Gasteiger partial charge in [-0.1, -0.05) is 6.07 Å². The van der Waals surface area contributed by atoms with E-state index in [-0.39, 0.29) is 18.5 Å². The zero-order valence-electron chi connectivity index (χ0n) is 12.6. The molecule has 1 amide bonds. The number of hydrogen-bond acceptors (Lipinski definition) is 3. The SMILES string of the molecule is Cc1cc(C)cc(NC(=O)CN(C(C)C)S(C)(=O)=O)c1. The Bertz CT molecular complexity index is 574. The Balaban J connectivity index is 2.81. The van der Waals surface area contributed by atoms with Crippen molar-refractivity contribution in [3.05, 3.63) is 29.3 Å². The molecule has 0 fully saturated rings. The normalized spacial score (nSPS) is 11.9. The van der Waals surface area contributed by atoms with E-state index in [1.54, 1.807) is 13.8 Å². The highest BCUT2D eigenvalue weighted by molar-refractivity contribution is 7.88. The molecule has 0 saturated heterocycles. The van der Waals surface area contributed by atoms with Gasteiger partial charge in [-0.05, 0) is 51.0 Å². The standard InChI is InChI=1S/C14H22N2O3S/c1-10(2)16(20(5,18)19)9-14(17)15-13-7-11(3)6-12(4)8-13/h6-8,10H,9H2,1-5H3,(H,15,17). The maximum Gasteiger partial charge on any atom is 0.239 e. The molecule has 0 spiro atoms. The van der Waals surface area contributed by atoms with Crippen molar-refractivity contribution in [3.63, 3.8) is 0 Å². The third-order valence-corrected chi connectivity index (χ3v) is 4.21. The molecule has 1 rings (SSSR count). The summed E-state index contributed by atoms with van der Waals surface area (Å²) >= 11 is 0. The maximum absolute atomic E-state index is 12.0. The monoisotopic (exact) mass is 298 g/mol. The molecule has 0 bridgehead atoms. The lowest BCUT2D eigenvalue weighted by atomic mass is 10.1. The first-order chi connectivity index (χ1) is 9.09. The molecule has 1 N–H and O–H groups in total. The van der Waals surface area contributed by atoms with E-state index in [1.807, 2.05) is 32.0 Å². The highest BCUT2D eigenvalue weighted by Crippen LogP contribution is 2.14. The number of nitrogens with one attached hydrogen (secondary N) is 1. The predicted molar refractivity (Wildman–Crippen MR) is 81.2 cm³/mol. The Morgan fingerprint density at radius 2 is 1.70 bits per heavy atom. The van der Waals surface area contributed by atoms with E-state index in [0.29, 0.717) is 5.69 Å². The van der Waals surface area contributed by atoms with Crippen molar-refractivity contribution in [2.75, 3.05) is 18.1 Å². The van der Waals surface area contributed by atoms with Crippen molar-refractivity contribution in [1.82, 2.24) is 4.31 Å². The summed E-state index contributed by atoms with van der Waals surface area (Å²) in [5.74, 6) is -0.339. The van der Waals surface area contributed by atoms with E-state index in [9.17, 15) is 13.2 Å². The van der Waals surface area contributed by atoms with Gasteiger partial charge in [-0.25, -0.2) is 8.42 Å². The van der Waals surface area contributed by atoms with Gasteiger partial charge in [0.2, 0.25) is 15.9 Å². The van der Waals surface area contributed by atoms with E-state index in [4.69, 9.17) is 0 Å². The van der Waals surface area contributed by atoms with Crippen LogP contribution in [-0.4, -0.2) is 37.5 Å². The molecular weight excluding hydrogens is 276 g/mol. The number of hydrogen-bond donors (Lipinski definition) is 1. The minimum atomic E-state index is -3.40. The van der Waals surface area contributed by atoms with Crippen LogP contribution in [-0.2, 0) is 14.8 Å². The second-order valence-corrected chi connectivity index (χ2v) is 7.26. The van der Waals surface area contributed by atoms with Crippen LogP contribution in [0.25, 0.3) is 0 Å². The predicted octanol–water partition coefficient (Wildman–Crippen LogP) is 1.91. The summed E-state index contributed by atoms with van der Waals surface area (Å²) in [6.07, 6.45) is 1.11. The van der Waals surface area contributed by atoms with Crippen LogP contribution < -0.4 is 5.32 Å². The summed E-state index contributed by atoms with van der Waals surface area (Å²) in [5.41, 5.74) is 2.78. The number of amides is 1. The Kier molecular flexibility index (Phi) is 5.30. The molecule has 0 saturated carbocycles. The van der Waals surface area contributed by atoms with Crippen LogP contribution in [0.15, 0.2) is 18.2 Å². The lowest BCUT2D eigenvalue weighted by molar-refractivity contribution is -0.116. The highest BCUT2D eigenvalue weighted by Gasteiger charge is 2.23. The minimum absolute atomic E-state index is 0.177. The van der Waals surface area contributed by atoms with Crippen molar-refractivity contribution in [1.29, 1.82) is 0 Å². The summed E-state index contributed by atoms with van der Waals surface area (Å²) < 4.78 is 24.4. The van der Waals surface area contributed by atoms with Crippen molar-refractivity contribution in [2.24, 2.45) is 0 Å². The molecule has 5 nitrogen and oxygen atoms in total. The van der Waals surface area contributed by atoms with Crippen LogP contribution in [0.2, 0.25) is 0 Å². The van der Waals surface area contributed by atoms with Crippen LogP contribution in [0.1, 0.15) is 25.0 Å². The lowest BCUT2D eigenvalue weighted by Gasteiger charge is -2.23. The fourth-order valence-electron chi connectivity index (χ4n) is 2.07. The lowest BCUT2D eigenvalue weighted by Crippen LogP contribution is -2.41. The Labute approximate surface area is 121 Å². The fourth-order valence-corrected chi connectivity index (χ4v) is 3.19. The summed E-state index contributed by atoms with van der Waals surface area (Å²) in [5, 5.41) is 2.74. The second-order valence-electron chi connectivity index (χ2n) is 5.33. The Morgan fingerprint density at radius 1 is 1.20 bits per heavy atom. The smallest absolute Gasteiger partial charge is 0.239 e. The quantitative estimate of drug-likeness (QED) is 0.903. The molecule has 0 unspecified atom stereocenters. The van der Waals surface area contributed by atoms with Gasteiger partial charge in [0, 0.05) is 11.7 Å². The number of benzene rings is 1. The molecule has 6 heteroatoms. The van der Waals surface area contributed by atoms with E-state index < -0.39 is 10.0 Å². The van der Waals surface area contributed by atoms with Gasteiger partial charge in [0.25, 0.3) is 0 Å². The van der Waals surface area contributed by atoms with Crippen LogP contribution in [0.5, 0.6) is 0 Å². The molecule has 0 aliphatic heterocycles. The van der Waals surface area contributed by atoms with Crippen molar-refractivity contribution < 1.29 is 13.2 Å². The average molecular weight is 298 g/mol. The van der Waals surface area contributed by atoms with Gasteiger partial charge in [0.05, 0.1) is 12.8 Å². The van der Waals surface area contributed by atoms with Gasteiger partial charge in [-0.2, -0.15) is 4.31 Å².